The number of hydrogen-bond acceptors (Lipinski definition) is 4. The second-order valence-electron chi connectivity index (χ2n) is 9.51. The number of hydrogen-bond donors (Lipinski definition) is 0. The summed E-state index contributed by atoms with van der Waals surface area (Å²) in [5.74, 6) is -0.212. The summed E-state index contributed by atoms with van der Waals surface area (Å²) in [6, 6.07) is 13.9. The molecule has 1 aliphatic heterocycles. The quantitative estimate of drug-likeness (QED) is 0.380. The molecule has 0 unspecified atom stereocenters. The van der Waals surface area contributed by atoms with Crippen molar-refractivity contribution >= 4 is 17.2 Å². The molecule has 0 N–H and O–H groups in total. The lowest BCUT2D eigenvalue weighted by atomic mass is 10.0. The molecule has 0 atom stereocenters. The second kappa shape index (κ2) is 9.53. The third-order valence-corrected chi connectivity index (χ3v) is 7.06. The van der Waals surface area contributed by atoms with Crippen molar-refractivity contribution in [3.63, 3.8) is 0 Å². The summed E-state index contributed by atoms with van der Waals surface area (Å²) in [6.45, 7) is 7.21. The molecule has 0 bridgehead atoms. The first-order chi connectivity index (χ1) is 17.6. The minimum atomic E-state index is -4.43. The van der Waals surface area contributed by atoms with Gasteiger partial charge in [0.25, 0.3) is 5.91 Å². The van der Waals surface area contributed by atoms with Gasteiger partial charge in [0, 0.05) is 49.7 Å². The number of rotatable bonds is 4. The summed E-state index contributed by atoms with van der Waals surface area (Å²) in [4.78, 5) is 21.5. The van der Waals surface area contributed by atoms with Crippen molar-refractivity contribution in [2.24, 2.45) is 0 Å². The summed E-state index contributed by atoms with van der Waals surface area (Å²) in [6.07, 6.45) is -2.18. The van der Waals surface area contributed by atoms with E-state index in [-0.39, 0.29) is 11.6 Å². The molecule has 9 heteroatoms. The van der Waals surface area contributed by atoms with Crippen LogP contribution in [0.5, 0.6) is 0 Å². The lowest BCUT2D eigenvalue weighted by Crippen LogP contribution is -2.49. The normalized spacial score (nSPS) is 14.4. The number of benzene rings is 2. The molecule has 0 aliphatic carbocycles. The summed E-state index contributed by atoms with van der Waals surface area (Å²) >= 11 is 0. The molecule has 1 fully saturated rings. The zero-order valence-electron chi connectivity index (χ0n) is 21.0. The first-order valence-corrected chi connectivity index (χ1v) is 12.2. The molecule has 37 heavy (non-hydrogen) atoms. The molecule has 2 aromatic carbocycles. The molecule has 192 valence electrons. The van der Waals surface area contributed by atoms with Crippen LogP contribution in [-0.4, -0.2) is 51.6 Å². The van der Waals surface area contributed by atoms with Crippen molar-refractivity contribution in [2.75, 3.05) is 31.1 Å². The molecule has 4 aromatic rings. The minimum absolute atomic E-state index is 0.145. The number of piperazine rings is 1. The Bertz CT molecular complexity index is 1450. The van der Waals surface area contributed by atoms with Gasteiger partial charge in [0.05, 0.1) is 11.8 Å². The van der Waals surface area contributed by atoms with E-state index in [4.69, 9.17) is 4.98 Å². The topological polar surface area (TPSA) is 53.7 Å². The van der Waals surface area contributed by atoms with Gasteiger partial charge in [-0.15, -0.1) is 0 Å². The smallest absolute Gasteiger partial charge is 0.367 e. The second-order valence-corrected chi connectivity index (χ2v) is 9.51. The van der Waals surface area contributed by atoms with E-state index in [0.717, 1.165) is 23.0 Å². The Morgan fingerprint density at radius 3 is 2.30 bits per heavy atom. The average Bonchev–Trinajstić information content (AvgIpc) is 3.30. The van der Waals surface area contributed by atoms with Crippen LogP contribution >= 0.6 is 0 Å². The van der Waals surface area contributed by atoms with E-state index >= 15 is 0 Å². The lowest BCUT2D eigenvalue weighted by Gasteiger charge is -2.37. The number of aromatic nitrogens is 3. The van der Waals surface area contributed by atoms with E-state index in [1.54, 1.807) is 20.4 Å². The highest BCUT2D eigenvalue weighted by molar-refractivity contribution is 5.99. The van der Waals surface area contributed by atoms with Gasteiger partial charge in [-0.2, -0.15) is 18.3 Å². The van der Waals surface area contributed by atoms with Crippen LogP contribution < -0.4 is 4.90 Å². The Hall–Kier alpha value is -3.88. The highest BCUT2D eigenvalue weighted by Crippen LogP contribution is 2.36. The van der Waals surface area contributed by atoms with E-state index in [2.05, 4.69) is 36.3 Å². The maximum absolute atomic E-state index is 13.5. The predicted octanol–water partition coefficient (Wildman–Crippen LogP) is 5.23. The first kappa shape index (κ1) is 24.8. The van der Waals surface area contributed by atoms with Crippen LogP contribution in [0.3, 0.4) is 0 Å². The highest BCUT2D eigenvalue weighted by atomic mass is 19.4. The van der Waals surface area contributed by atoms with Crippen molar-refractivity contribution < 1.29 is 18.0 Å². The molecule has 1 aliphatic rings. The maximum Gasteiger partial charge on any atom is 0.418 e. The Labute approximate surface area is 213 Å². The molecule has 6 nitrogen and oxygen atoms in total. The number of carbonyl (C=O) groups is 1. The van der Waals surface area contributed by atoms with Crippen molar-refractivity contribution in [2.45, 2.75) is 33.4 Å². The molecule has 0 radical (unpaired) electrons. The number of aryl methyl sites for hydroxylation is 3. The molecule has 1 amide bonds. The number of nitrogens with zero attached hydrogens (tertiary/aromatic N) is 5. The first-order valence-electron chi connectivity index (χ1n) is 12.2. The van der Waals surface area contributed by atoms with E-state index in [0.29, 0.717) is 43.8 Å². The van der Waals surface area contributed by atoms with E-state index in [9.17, 15) is 18.0 Å². The number of alkyl halides is 3. The van der Waals surface area contributed by atoms with Gasteiger partial charge in [0.15, 0.2) is 5.65 Å². The van der Waals surface area contributed by atoms with Crippen LogP contribution in [0.15, 0.2) is 54.7 Å². The minimum Gasteiger partial charge on any atom is -0.367 e. The zero-order chi connectivity index (χ0) is 26.3. The molecule has 0 saturated carbocycles. The van der Waals surface area contributed by atoms with Crippen LogP contribution in [0, 0.1) is 20.8 Å². The van der Waals surface area contributed by atoms with Crippen LogP contribution in [0.1, 0.15) is 44.0 Å². The summed E-state index contributed by atoms with van der Waals surface area (Å²) < 4.78 is 42.1. The lowest BCUT2D eigenvalue weighted by molar-refractivity contribution is -0.137. The SMILES string of the molecule is Cc1ccc(Cc2c(C)nc3c(C(=O)N4CCN(c5ccccc5C(F)(F)F)CC4)cnn3c2C)cc1. The third-order valence-electron chi connectivity index (χ3n) is 7.06. The summed E-state index contributed by atoms with van der Waals surface area (Å²) in [5, 5.41) is 4.46. The van der Waals surface area contributed by atoms with Crippen LogP contribution in [-0.2, 0) is 12.6 Å². The molecule has 2 aromatic heterocycles. The van der Waals surface area contributed by atoms with Gasteiger partial charge in [-0.25, -0.2) is 9.50 Å². The number of amides is 1. The van der Waals surface area contributed by atoms with Gasteiger partial charge >= 0.3 is 6.18 Å². The predicted molar refractivity (Wildman–Crippen MR) is 136 cm³/mol. The number of para-hydroxylation sites is 1. The Morgan fingerprint density at radius 1 is 0.946 bits per heavy atom. The third kappa shape index (κ3) is 4.77. The van der Waals surface area contributed by atoms with E-state index in [1.165, 1.54) is 29.5 Å². The van der Waals surface area contributed by atoms with Crippen LogP contribution in [0.25, 0.3) is 5.65 Å². The fourth-order valence-electron chi connectivity index (χ4n) is 4.94. The Morgan fingerprint density at radius 2 is 1.62 bits per heavy atom. The molecular weight excluding hydrogens is 479 g/mol. The average molecular weight is 508 g/mol. The monoisotopic (exact) mass is 507 g/mol. The fraction of sp³-hybridized carbons (Fsp3) is 0.321. The van der Waals surface area contributed by atoms with Gasteiger partial charge in [-0.1, -0.05) is 42.0 Å². The van der Waals surface area contributed by atoms with E-state index in [1.807, 2.05) is 13.8 Å². The summed E-state index contributed by atoms with van der Waals surface area (Å²) in [7, 11) is 0. The van der Waals surface area contributed by atoms with Crippen molar-refractivity contribution in [1.29, 1.82) is 0 Å². The van der Waals surface area contributed by atoms with Gasteiger partial charge in [-0.05, 0) is 44.0 Å². The van der Waals surface area contributed by atoms with Crippen molar-refractivity contribution in [3.8, 4) is 0 Å². The van der Waals surface area contributed by atoms with Gasteiger partial charge < -0.3 is 9.80 Å². The molecular formula is C28H28F3N5O. The van der Waals surface area contributed by atoms with Crippen molar-refractivity contribution in [3.05, 3.63) is 93.9 Å². The summed E-state index contributed by atoms with van der Waals surface area (Å²) in [5.41, 5.74) is 5.59. The highest BCUT2D eigenvalue weighted by Gasteiger charge is 2.35. The maximum atomic E-state index is 13.5. The fourth-order valence-corrected chi connectivity index (χ4v) is 4.94. The van der Waals surface area contributed by atoms with Gasteiger partial charge in [0.1, 0.15) is 5.56 Å². The molecule has 5 rings (SSSR count). The molecule has 0 spiro atoms. The van der Waals surface area contributed by atoms with Crippen LogP contribution in [0.2, 0.25) is 0 Å². The molecule has 3 heterocycles. The Kier molecular flexibility index (Phi) is 6.39. The number of carbonyl (C=O) groups excluding carboxylic acids is 1. The number of fused-ring (bicyclic) bond motifs is 1. The van der Waals surface area contributed by atoms with Crippen LogP contribution in [0.4, 0.5) is 18.9 Å². The van der Waals surface area contributed by atoms with Gasteiger partial charge in [0.2, 0.25) is 0 Å². The van der Waals surface area contributed by atoms with E-state index < -0.39 is 11.7 Å². The Balaban J connectivity index is 1.35. The zero-order valence-corrected chi connectivity index (χ0v) is 21.0. The number of anilines is 1. The van der Waals surface area contributed by atoms with Gasteiger partial charge in [-0.3, -0.25) is 4.79 Å². The van der Waals surface area contributed by atoms with Crippen molar-refractivity contribution in [1.82, 2.24) is 19.5 Å². The standard InChI is InChI=1S/C28H28F3N5O/c1-18-8-10-21(11-9-18)16-22-19(2)33-26-23(17-32-36(26)20(22)3)27(37)35-14-12-34(13-15-35)25-7-5-4-6-24(25)28(29,30)31/h4-11,17H,12-16H2,1-3H3. The number of halogens is 3. The molecule has 1 saturated heterocycles. The largest absolute Gasteiger partial charge is 0.418 e.